The van der Waals surface area contributed by atoms with E-state index in [4.69, 9.17) is 4.74 Å². The highest BCUT2D eigenvalue weighted by Crippen LogP contribution is 2.45. The molecule has 1 amide bonds. The molecule has 3 aromatic rings. The first-order valence-electron chi connectivity index (χ1n) is 12.4. The van der Waals surface area contributed by atoms with Crippen LogP contribution in [0.3, 0.4) is 0 Å². The van der Waals surface area contributed by atoms with E-state index in [2.05, 4.69) is 21.0 Å². The number of rotatable bonds is 7. The van der Waals surface area contributed by atoms with Crippen molar-refractivity contribution in [2.45, 2.75) is 38.2 Å². The number of carbonyl (C=O) groups excluding carboxylic acids is 2. The number of benzene rings is 2. The lowest BCUT2D eigenvalue weighted by molar-refractivity contribution is -0.132. The van der Waals surface area contributed by atoms with Crippen molar-refractivity contribution in [1.29, 1.82) is 0 Å². The van der Waals surface area contributed by atoms with Gasteiger partial charge in [-0.3, -0.25) is 9.69 Å². The second-order valence-corrected chi connectivity index (χ2v) is 9.67. The summed E-state index contributed by atoms with van der Waals surface area (Å²) in [6.45, 7) is 4.71. The zero-order chi connectivity index (χ0) is 23.8. The molecule has 3 aliphatic rings. The molecule has 1 saturated carbocycles. The highest BCUT2D eigenvalue weighted by molar-refractivity contribution is 5.94. The maximum Gasteiger partial charge on any atom is 0.338 e. The second-order valence-electron chi connectivity index (χ2n) is 9.67. The average molecular weight is 472 g/mol. The van der Waals surface area contributed by atoms with E-state index in [-0.39, 0.29) is 11.9 Å². The van der Waals surface area contributed by atoms with Crippen molar-refractivity contribution in [2.24, 2.45) is 0 Å². The van der Waals surface area contributed by atoms with Gasteiger partial charge in [-0.05, 0) is 60.1 Å². The van der Waals surface area contributed by atoms with Crippen molar-refractivity contribution in [3.8, 4) is 5.69 Å². The molecule has 0 spiro atoms. The van der Waals surface area contributed by atoms with Gasteiger partial charge in [-0.25, -0.2) is 14.5 Å². The third kappa shape index (κ3) is 4.58. The van der Waals surface area contributed by atoms with E-state index < -0.39 is 0 Å². The number of esters is 1. The van der Waals surface area contributed by atoms with Crippen LogP contribution in [0.1, 0.15) is 51.4 Å². The summed E-state index contributed by atoms with van der Waals surface area (Å²) in [7, 11) is 0. The van der Waals surface area contributed by atoms with Crippen molar-refractivity contribution in [3.63, 3.8) is 0 Å². The zero-order valence-electron chi connectivity index (χ0n) is 19.7. The van der Waals surface area contributed by atoms with Crippen molar-refractivity contribution in [2.75, 3.05) is 32.7 Å². The number of hydrogen-bond acceptors (Lipinski definition) is 6. The van der Waals surface area contributed by atoms with Gasteiger partial charge in [0, 0.05) is 38.3 Å². The lowest BCUT2D eigenvalue weighted by Gasteiger charge is -2.35. The van der Waals surface area contributed by atoms with Crippen LogP contribution in [0.25, 0.3) is 5.69 Å². The predicted molar refractivity (Wildman–Crippen MR) is 129 cm³/mol. The first-order chi connectivity index (χ1) is 17.2. The standard InChI is InChI=1S/C27H29N5O3/c33-25(15-19-1-6-22(7-2-19)32-18-28-17-29-32)31-13-11-30(12-14-31)10-9-21-5-8-23-24(16-35-27(23)34)26(21)20-3-4-20/h1-2,5-8,17-18,20H,3-4,9-16H2. The van der Waals surface area contributed by atoms with Crippen LogP contribution in [-0.2, 0) is 29.0 Å². The Morgan fingerprint density at radius 3 is 2.54 bits per heavy atom. The Labute approximate surface area is 204 Å². The molecule has 0 unspecified atom stereocenters. The molecule has 1 aliphatic carbocycles. The van der Waals surface area contributed by atoms with Gasteiger partial charge < -0.3 is 9.64 Å². The van der Waals surface area contributed by atoms with Gasteiger partial charge in [-0.2, -0.15) is 5.10 Å². The molecule has 2 aromatic carbocycles. The van der Waals surface area contributed by atoms with E-state index in [1.165, 1.54) is 30.3 Å². The summed E-state index contributed by atoms with van der Waals surface area (Å²) in [6.07, 6.45) is 6.97. The summed E-state index contributed by atoms with van der Waals surface area (Å²) in [6, 6.07) is 12.0. The number of nitrogens with zero attached hydrogens (tertiary/aromatic N) is 5. The van der Waals surface area contributed by atoms with E-state index >= 15 is 0 Å². The van der Waals surface area contributed by atoms with E-state index in [0.29, 0.717) is 18.9 Å². The molecule has 1 aromatic heterocycles. The number of carbonyl (C=O) groups is 2. The first kappa shape index (κ1) is 22.0. The molecule has 0 bridgehead atoms. The number of aromatic nitrogens is 3. The molecule has 3 heterocycles. The highest BCUT2D eigenvalue weighted by Gasteiger charge is 2.34. The average Bonchev–Trinajstić information content (AvgIpc) is 3.43. The number of ether oxygens (including phenoxy) is 1. The Balaban J connectivity index is 1.01. The normalized spacial score (nSPS) is 17.9. The molecule has 6 rings (SSSR count). The lowest BCUT2D eigenvalue weighted by Crippen LogP contribution is -2.49. The number of hydrogen-bond donors (Lipinski definition) is 0. The predicted octanol–water partition coefficient (Wildman–Crippen LogP) is 2.74. The minimum atomic E-state index is -0.180. The Kier molecular flexibility index (Phi) is 5.82. The molecule has 1 saturated heterocycles. The van der Waals surface area contributed by atoms with Gasteiger partial charge in [0.05, 0.1) is 17.7 Å². The minimum Gasteiger partial charge on any atom is -0.457 e. The van der Waals surface area contributed by atoms with E-state index in [0.717, 1.165) is 61.5 Å². The van der Waals surface area contributed by atoms with Gasteiger partial charge in [0.1, 0.15) is 19.3 Å². The maximum absolute atomic E-state index is 12.9. The van der Waals surface area contributed by atoms with Crippen LogP contribution in [-0.4, -0.2) is 69.2 Å². The summed E-state index contributed by atoms with van der Waals surface area (Å²) in [5.74, 6) is 0.590. The quantitative estimate of drug-likeness (QED) is 0.493. The maximum atomic E-state index is 12.9. The van der Waals surface area contributed by atoms with Crippen LogP contribution in [0.2, 0.25) is 0 Å². The molecule has 0 N–H and O–H groups in total. The number of cyclic esters (lactones) is 1. The van der Waals surface area contributed by atoms with Crippen molar-refractivity contribution in [1.82, 2.24) is 24.6 Å². The third-order valence-corrected chi connectivity index (χ3v) is 7.40. The molecule has 180 valence electrons. The van der Waals surface area contributed by atoms with Crippen LogP contribution >= 0.6 is 0 Å². The van der Waals surface area contributed by atoms with Gasteiger partial charge in [-0.15, -0.1) is 0 Å². The van der Waals surface area contributed by atoms with Gasteiger partial charge in [-0.1, -0.05) is 18.2 Å². The highest BCUT2D eigenvalue weighted by atomic mass is 16.5. The molecule has 0 atom stereocenters. The molecule has 0 radical (unpaired) electrons. The SMILES string of the molecule is O=C1OCc2c1ccc(CCN1CCN(C(=O)Cc3ccc(-n4cncn4)cc3)CC1)c2C1CC1. The molecular formula is C27H29N5O3. The fourth-order valence-electron chi connectivity index (χ4n) is 5.27. The van der Waals surface area contributed by atoms with Crippen LogP contribution in [0.15, 0.2) is 49.1 Å². The van der Waals surface area contributed by atoms with Gasteiger partial charge >= 0.3 is 5.97 Å². The van der Waals surface area contributed by atoms with E-state index in [9.17, 15) is 9.59 Å². The number of piperazine rings is 1. The molecule has 2 fully saturated rings. The number of fused-ring (bicyclic) bond motifs is 1. The summed E-state index contributed by atoms with van der Waals surface area (Å²) in [5, 5.41) is 4.13. The van der Waals surface area contributed by atoms with Crippen LogP contribution in [0, 0.1) is 0 Å². The van der Waals surface area contributed by atoms with Gasteiger partial charge in [0.2, 0.25) is 5.91 Å². The summed E-state index contributed by atoms with van der Waals surface area (Å²) in [5.41, 5.74) is 6.55. The van der Waals surface area contributed by atoms with Gasteiger partial charge in [0.25, 0.3) is 0 Å². The van der Waals surface area contributed by atoms with Crippen LogP contribution in [0.5, 0.6) is 0 Å². The van der Waals surface area contributed by atoms with Crippen molar-refractivity contribution < 1.29 is 14.3 Å². The fourth-order valence-corrected chi connectivity index (χ4v) is 5.27. The monoisotopic (exact) mass is 471 g/mol. The smallest absolute Gasteiger partial charge is 0.338 e. The lowest BCUT2D eigenvalue weighted by atomic mass is 9.92. The van der Waals surface area contributed by atoms with Crippen molar-refractivity contribution in [3.05, 3.63) is 76.9 Å². The molecule has 2 aliphatic heterocycles. The summed E-state index contributed by atoms with van der Waals surface area (Å²) >= 11 is 0. The Hall–Kier alpha value is -3.52. The van der Waals surface area contributed by atoms with Gasteiger partial charge in [0.15, 0.2) is 0 Å². The minimum absolute atomic E-state index is 0.178. The third-order valence-electron chi connectivity index (χ3n) is 7.40. The largest absolute Gasteiger partial charge is 0.457 e. The summed E-state index contributed by atoms with van der Waals surface area (Å²) < 4.78 is 7.00. The van der Waals surface area contributed by atoms with Crippen molar-refractivity contribution >= 4 is 11.9 Å². The van der Waals surface area contributed by atoms with E-state index in [1.807, 2.05) is 35.2 Å². The first-order valence-corrected chi connectivity index (χ1v) is 12.4. The van der Waals surface area contributed by atoms with Crippen LogP contribution < -0.4 is 0 Å². The van der Waals surface area contributed by atoms with E-state index in [1.54, 1.807) is 11.0 Å². The van der Waals surface area contributed by atoms with Crippen LogP contribution in [0.4, 0.5) is 0 Å². The number of amides is 1. The Morgan fingerprint density at radius 2 is 1.83 bits per heavy atom. The molecule has 8 nitrogen and oxygen atoms in total. The zero-order valence-corrected chi connectivity index (χ0v) is 19.7. The molecule has 8 heteroatoms. The summed E-state index contributed by atoms with van der Waals surface area (Å²) in [4.78, 5) is 33.2. The molecular weight excluding hydrogens is 442 g/mol. The fraction of sp³-hybridized carbons (Fsp3) is 0.407. The molecule has 35 heavy (non-hydrogen) atoms. The Bertz CT molecular complexity index is 1230. The topological polar surface area (TPSA) is 80.6 Å². The second kappa shape index (κ2) is 9.26. The Morgan fingerprint density at radius 1 is 1.03 bits per heavy atom.